The molecule has 0 aliphatic carbocycles. The molecule has 12 aromatic carbocycles. The van der Waals surface area contributed by atoms with Crippen molar-refractivity contribution < 1.29 is 0 Å². The van der Waals surface area contributed by atoms with Gasteiger partial charge >= 0.3 is 0 Å². The van der Waals surface area contributed by atoms with Crippen LogP contribution in [0.1, 0.15) is 0 Å². The van der Waals surface area contributed by atoms with Gasteiger partial charge in [0.25, 0.3) is 0 Å². The molecule has 0 saturated carbocycles. The van der Waals surface area contributed by atoms with E-state index in [1.807, 2.05) is 0 Å². The topological polar surface area (TPSA) is 16.3 Å². The first kappa shape index (κ1) is 41.3. The molecule has 0 saturated heterocycles. The molecule has 2 aromatic heterocycles. The highest BCUT2D eigenvalue weighted by atomic mass is 15.2. The van der Waals surface area contributed by atoms with Crippen molar-refractivity contribution in [3.8, 4) is 22.5 Å². The molecule has 0 unspecified atom stereocenters. The number of aromatic nitrogens is 2. The maximum absolute atomic E-state index is 2.49. The lowest BCUT2D eigenvalue weighted by molar-refractivity contribution is 1.18. The van der Waals surface area contributed by atoms with Crippen molar-refractivity contribution in [3.63, 3.8) is 0 Å². The molecule has 0 fully saturated rings. The van der Waals surface area contributed by atoms with Gasteiger partial charge in [-0.05, 0) is 114 Å². The molecule has 0 aliphatic heterocycles. The van der Waals surface area contributed by atoms with Crippen LogP contribution in [0.4, 0.5) is 34.1 Å². The van der Waals surface area contributed by atoms with Gasteiger partial charge in [-0.25, -0.2) is 0 Å². The number of anilines is 6. The summed E-state index contributed by atoms with van der Waals surface area (Å²) in [4.78, 5) is 4.98. The number of nitrogens with zero attached hydrogens (tertiary/aromatic N) is 4. The van der Waals surface area contributed by atoms with E-state index in [9.17, 15) is 0 Å². The standard InChI is InChI=1S/C68H46N4/c1-6-22-47(23-7-1)48-38-41-59-62(44-48)68(70(50-26-10-3-11-27-50)54-40-43-66-61(46-54)56-33-19-21-37-64(56)72(66)52-30-14-5-15-31-52)58-35-17-16-34-57(58)67(59)69(49-24-8-2-9-25-49)53-39-42-65-60(45-53)55-32-18-20-36-63(55)71(65)51-28-12-4-13-29-51/h1-46H. The molecule has 0 bridgehead atoms. The Morgan fingerprint density at radius 1 is 0.208 bits per heavy atom. The molecule has 14 aromatic rings. The quantitative estimate of drug-likeness (QED) is 0.106. The van der Waals surface area contributed by atoms with Gasteiger partial charge in [0.15, 0.2) is 0 Å². The van der Waals surface area contributed by atoms with E-state index in [0.717, 1.165) is 78.1 Å². The first-order valence-corrected chi connectivity index (χ1v) is 24.7. The smallest absolute Gasteiger partial charge is 0.0620 e. The minimum Gasteiger partial charge on any atom is -0.309 e. The van der Waals surface area contributed by atoms with Gasteiger partial charge in [-0.2, -0.15) is 0 Å². The molecule has 0 spiro atoms. The van der Waals surface area contributed by atoms with Gasteiger partial charge in [-0.1, -0.05) is 176 Å². The summed E-state index contributed by atoms with van der Waals surface area (Å²) < 4.78 is 4.78. The molecule has 0 atom stereocenters. The second kappa shape index (κ2) is 17.1. The van der Waals surface area contributed by atoms with Crippen molar-refractivity contribution in [1.82, 2.24) is 9.13 Å². The Kier molecular flexibility index (Phi) is 9.82. The molecule has 0 amide bonds. The highest BCUT2D eigenvalue weighted by molar-refractivity contribution is 6.24. The van der Waals surface area contributed by atoms with E-state index in [4.69, 9.17) is 0 Å². The average Bonchev–Trinajstić information content (AvgIpc) is 3.97. The summed E-state index contributed by atoms with van der Waals surface area (Å²) in [6.07, 6.45) is 0. The summed E-state index contributed by atoms with van der Waals surface area (Å²) in [5.41, 5.74) is 15.8. The molecule has 2 heterocycles. The second-order valence-corrected chi connectivity index (χ2v) is 18.5. The van der Waals surface area contributed by atoms with Gasteiger partial charge in [-0.15, -0.1) is 0 Å². The Hall–Kier alpha value is -9.64. The number of hydrogen-bond acceptors (Lipinski definition) is 2. The SMILES string of the molecule is c1ccc(-c2ccc3c(N(c4ccccc4)c4ccc5c(c4)c4ccccc4n5-c4ccccc4)c4ccccc4c(N(c4ccccc4)c4ccc5c(c4)c4ccccc4n5-c4ccccc4)c3c2)cc1. The van der Waals surface area contributed by atoms with Crippen LogP contribution in [0.5, 0.6) is 0 Å². The van der Waals surface area contributed by atoms with Crippen molar-refractivity contribution >= 4 is 99.3 Å². The molecule has 338 valence electrons. The first-order chi connectivity index (χ1) is 35.8. The predicted molar refractivity (Wildman–Crippen MR) is 305 cm³/mol. The number of rotatable bonds is 9. The van der Waals surface area contributed by atoms with E-state index < -0.39 is 0 Å². The van der Waals surface area contributed by atoms with Crippen LogP contribution >= 0.6 is 0 Å². The van der Waals surface area contributed by atoms with Crippen molar-refractivity contribution in [3.05, 3.63) is 279 Å². The fraction of sp³-hybridized carbons (Fsp3) is 0. The van der Waals surface area contributed by atoms with Crippen LogP contribution in [0, 0.1) is 0 Å². The zero-order valence-corrected chi connectivity index (χ0v) is 39.3. The maximum Gasteiger partial charge on any atom is 0.0620 e. The van der Waals surface area contributed by atoms with E-state index in [-0.39, 0.29) is 0 Å². The van der Waals surface area contributed by atoms with Crippen LogP contribution in [-0.2, 0) is 0 Å². The van der Waals surface area contributed by atoms with Crippen molar-refractivity contribution in [1.29, 1.82) is 0 Å². The average molecular weight is 919 g/mol. The monoisotopic (exact) mass is 918 g/mol. The predicted octanol–water partition coefficient (Wildman–Crippen LogP) is 18.8. The molecular weight excluding hydrogens is 873 g/mol. The number of benzene rings is 12. The van der Waals surface area contributed by atoms with Crippen LogP contribution in [0.3, 0.4) is 0 Å². The van der Waals surface area contributed by atoms with Crippen molar-refractivity contribution in [2.45, 2.75) is 0 Å². The molecule has 72 heavy (non-hydrogen) atoms. The minimum atomic E-state index is 1.08. The van der Waals surface area contributed by atoms with Gasteiger partial charge in [-0.3, -0.25) is 0 Å². The number of para-hydroxylation sites is 6. The van der Waals surface area contributed by atoms with Gasteiger partial charge in [0.05, 0.1) is 33.4 Å². The fourth-order valence-electron chi connectivity index (χ4n) is 11.3. The van der Waals surface area contributed by atoms with E-state index in [1.165, 1.54) is 43.7 Å². The van der Waals surface area contributed by atoms with E-state index in [2.05, 4.69) is 298 Å². The van der Waals surface area contributed by atoms with Gasteiger partial charge in [0.1, 0.15) is 0 Å². The fourth-order valence-corrected chi connectivity index (χ4v) is 11.3. The summed E-state index contributed by atoms with van der Waals surface area (Å²) in [6.45, 7) is 0. The number of hydrogen-bond donors (Lipinski definition) is 0. The lowest BCUT2D eigenvalue weighted by Crippen LogP contribution is -2.14. The number of fused-ring (bicyclic) bond motifs is 8. The zero-order chi connectivity index (χ0) is 47.5. The maximum atomic E-state index is 2.49. The Bertz CT molecular complexity index is 4310. The first-order valence-electron chi connectivity index (χ1n) is 24.7. The normalized spacial score (nSPS) is 11.6. The summed E-state index contributed by atoms with van der Waals surface area (Å²) in [5.74, 6) is 0. The Labute approximate surface area is 417 Å². The minimum absolute atomic E-state index is 1.08. The van der Waals surface area contributed by atoms with Crippen LogP contribution in [-0.4, -0.2) is 9.13 Å². The lowest BCUT2D eigenvalue weighted by atomic mass is 9.92. The Morgan fingerprint density at radius 3 is 1.04 bits per heavy atom. The second-order valence-electron chi connectivity index (χ2n) is 18.5. The van der Waals surface area contributed by atoms with Gasteiger partial charge in [0.2, 0.25) is 0 Å². The third kappa shape index (κ3) is 6.69. The zero-order valence-electron chi connectivity index (χ0n) is 39.3. The summed E-state index contributed by atoms with van der Waals surface area (Å²) >= 11 is 0. The molecule has 0 N–H and O–H groups in total. The Balaban J connectivity index is 1.08. The highest BCUT2D eigenvalue weighted by Crippen LogP contribution is 2.53. The third-order valence-electron chi connectivity index (χ3n) is 14.4. The van der Waals surface area contributed by atoms with Crippen LogP contribution in [0.25, 0.3) is 87.7 Å². The van der Waals surface area contributed by atoms with Crippen molar-refractivity contribution in [2.24, 2.45) is 0 Å². The summed E-state index contributed by atoms with van der Waals surface area (Å²) in [6, 6.07) is 102. The Morgan fingerprint density at radius 2 is 0.569 bits per heavy atom. The van der Waals surface area contributed by atoms with E-state index in [0.29, 0.717) is 0 Å². The molecule has 14 rings (SSSR count). The molecular formula is C68H46N4. The van der Waals surface area contributed by atoms with Crippen LogP contribution < -0.4 is 9.80 Å². The van der Waals surface area contributed by atoms with Gasteiger partial charge in [0, 0.05) is 77.2 Å². The van der Waals surface area contributed by atoms with Gasteiger partial charge < -0.3 is 18.9 Å². The van der Waals surface area contributed by atoms with E-state index >= 15 is 0 Å². The summed E-state index contributed by atoms with van der Waals surface area (Å²) in [7, 11) is 0. The lowest BCUT2D eigenvalue weighted by Gasteiger charge is -2.33. The highest BCUT2D eigenvalue weighted by Gasteiger charge is 2.27. The third-order valence-corrected chi connectivity index (χ3v) is 14.4. The largest absolute Gasteiger partial charge is 0.309 e. The molecule has 4 nitrogen and oxygen atoms in total. The van der Waals surface area contributed by atoms with E-state index in [1.54, 1.807) is 0 Å². The molecule has 0 aliphatic rings. The van der Waals surface area contributed by atoms with Crippen LogP contribution in [0.2, 0.25) is 0 Å². The van der Waals surface area contributed by atoms with Crippen LogP contribution in [0.15, 0.2) is 279 Å². The van der Waals surface area contributed by atoms with Crippen molar-refractivity contribution in [2.75, 3.05) is 9.80 Å². The molecule has 4 heteroatoms. The molecule has 0 radical (unpaired) electrons. The summed E-state index contributed by atoms with van der Waals surface area (Å²) in [5, 5.41) is 9.39.